The van der Waals surface area contributed by atoms with Gasteiger partial charge in [0.25, 0.3) is 11.5 Å². The molecule has 9 heteroatoms. The Morgan fingerprint density at radius 1 is 1.33 bits per heavy atom. The Hall–Kier alpha value is -3.23. The molecule has 1 aliphatic rings. The molecule has 2 aromatic heterocycles. The molecule has 0 bridgehead atoms. The molecule has 0 aliphatic carbocycles. The number of carbonyl (C=O) groups excluding carboxylic acids is 3. The maximum absolute atomic E-state index is 12.3. The molecule has 0 unspecified atom stereocenters. The molecular weight excluding hydrogens is 352 g/mol. The second-order valence-corrected chi connectivity index (χ2v) is 6.64. The van der Waals surface area contributed by atoms with Crippen molar-refractivity contribution in [3.05, 3.63) is 46.0 Å². The Morgan fingerprint density at radius 3 is 2.74 bits per heavy atom. The number of urea groups is 1. The minimum atomic E-state index is -1.01. The summed E-state index contributed by atoms with van der Waals surface area (Å²) in [5, 5.41) is 2.57. The maximum Gasteiger partial charge on any atom is 0.326 e. The lowest BCUT2D eigenvalue weighted by Crippen LogP contribution is -2.43. The number of esters is 1. The summed E-state index contributed by atoms with van der Waals surface area (Å²) in [6.07, 6.45) is 2.02. The van der Waals surface area contributed by atoms with Crippen LogP contribution in [0.3, 0.4) is 0 Å². The van der Waals surface area contributed by atoms with Crippen LogP contribution < -0.4 is 10.9 Å². The van der Waals surface area contributed by atoms with Gasteiger partial charge in [-0.15, -0.1) is 0 Å². The molecule has 3 amide bonds. The van der Waals surface area contributed by atoms with E-state index in [4.69, 9.17) is 4.74 Å². The van der Waals surface area contributed by atoms with Crippen LogP contribution in [0, 0.1) is 6.92 Å². The van der Waals surface area contributed by atoms with E-state index in [0.29, 0.717) is 17.8 Å². The van der Waals surface area contributed by atoms with Gasteiger partial charge in [0.15, 0.2) is 0 Å². The number of imide groups is 1. The monoisotopic (exact) mass is 372 g/mol. The number of carbonyl (C=O) groups is 3. The third-order valence-electron chi connectivity index (χ3n) is 4.66. The Balaban J connectivity index is 1.69. The van der Waals surface area contributed by atoms with Crippen molar-refractivity contribution < 1.29 is 19.1 Å². The van der Waals surface area contributed by atoms with E-state index in [2.05, 4.69) is 10.3 Å². The largest absolute Gasteiger partial charge is 0.458 e. The lowest BCUT2D eigenvalue weighted by Gasteiger charge is -2.18. The molecule has 1 atom stereocenters. The van der Waals surface area contributed by atoms with Crippen molar-refractivity contribution in [2.75, 3.05) is 6.54 Å². The SMILES string of the molecule is CC[C@@]1(C)NC(=O)N(CC(=O)OCc2cc(=O)n3cccc(C)c3n2)C1=O. The number of ether oxygens (including phenoxy) is 1. The lowest BCUT2D eigenvalue weighted by molar-refractivity contribution is -0.148. The zero-order valence-corrected chi connectivity index (χ0v) is 15.3. The number of fused-ring (bicyclic) bond motifs is 1. The van der Waals surface area contributed by atoms with Crippen LogP contribution in [0.2, 0.25) is 0 Å². The number of nitrogens with zero attached hydrogens (tertiary/aromatic N) is 3. The van der Waals surface area contributed by atoms with Gasteiger partial charge in [-0.1, -0.05) is 13.0 Å². The Labute approximate surface area is 154 Å². The van der Waals surface area contributed by atoms with E-state index >= 15 is 0 Å². The fraction of sp³-hybridized carbons (Fsp3) is 0.389. The molecule has 1 saturated heterocycles. The number of nitrogens with one attached hydrogen (secondary N) is 1. The van der Waals surface area contributed by atoms with Crippen molar-refractivity contribution in [1.29, 1.82) is 0 Å². The Kier molecular flexibility index (Phi) is 4.69. The van der Waals surface area contributed by atoms with Gasteiger partial charge in [0, 0.05) is 12.3 Å². The zero-order valence-electron chi connectivity index (χ0n) is 15.3. The highest BCUT2D eigenvalue weighted by molar-refractivity contribution is 6.08. The minimum Gasteiger partial charge on any atom is -0.458 e. The van der Waals surface area contributed by atoms with Gasteiger partial charge in [-0.3, -0.25) is 23.7 Å². The Bertz CT molecular complexity index is 999. The van der Waals surface area contributed by atoms with Gasteiger partial charge in [-0.25, -0.2) is 9.78 Å². The summed E-state index contributed by atoms with van der Waals surface area (Å²) in [5.74, 6) is -1.23. The van der Waals surface area contributed by atoms with E-state index < -0.39 is 30.0 Å². The normalized spacial score (nSPS) is 19.4. The van der Waals surface area contributed by atoms with Gasteiger partial charge in [-0.05, 0) is 31.9 Å². The fourth-order valence-corrected chi connectivity index (χ4v) is 2.84. The molecular formula is C18H20N4O5. The summed E-state index contributed by atoms with van der Waals surface area (Å²) >= 11 is 0. The molecule has 1 N–H and O–H groups in total. The number of rotatable bonds is 5. The van der Waals surface area contributed by atoms with Crippen LogP contribution in [0.1, 0.15) is 31.5 Å². The van der Waals surface area contributed by atoms with Crippen LogP contribution in [0.15, 0.2) is 29.2 Å². The maximum atomic E-state index is 12.3. The van der Waals surface area contributed by atoms with Crippen molar-refractivity contribution >= 4 is 23.6 Å². The van der Waals surface area contributed by atoms with Gasteiger partial charge in [0.2, 0.25) is 0 Å². The molecule has 0 spiro atoms. The summed E-state index contributed by atoms with van der Waals surface area (Å²) in [7, 11) is 0. The van der Waals surface area contributed by atoms with Crippen molar-refractivity contribution in [2.24, 2.45) is 0 Å². The van der Waals surface area contributed by atoms with E-state index in [0.717, 1.165) is 10.5 Å². The molecule has 0 radical (unpaired) electrons. The third-order valence-corrected chi connectivity index (χ3v) is 4.66. The highest BCUT2D eigenvalue weighted by atomic mass is 16.5. The first-order valence-corrected chi connectivity index (χ1v) is 8.53. The van der Waals surface area contributed by atoms with Crippen molar-refractivity contribution in [3.8, 4) is 0 Å². The number of aryl methyl sites for hydroxylation is 1. The average Bonchev–Trinajstić information content (AvgIpc) is 2.85. The van der Waals surface area contributed by atoms with E-state index in [1.807, 2.05) is 13.0 Å². The van der Waals surface area contributed by atoms with Gasteiger partial charge in [0.1, 0.15) is 24.3 Å². The summed E-state index contributed by atoms with van der Waals surface area (Å²) in [6, 6.07) is 4.22. The summed E-state index contributed by atoms with van der Waals surface area (Å²) in [5.41, 5.74) is 0.273. The average molecular weight is 372 g/mol. The van der Waals surface area contributed by atoms with Gasteiger partial charge < -0.3 is 10.1 Å². The van der Waals surface area contributed by atoms with Crippen LogP contribution in [0.4, 0.5) is 4.79 Å². The third kappa shape index (κ3) is 3.40. The summed E-state index contributed by atoms with van der Waals surface area (Å²) in [4.78, 5) is 53.6. The quantitative estimate of drug-likeness (QED) is 0.613. The van der Waals surface area contributed by atoms with Crippen molar-refractivity contribution in [1.82, 2.24) is 19.6 Å². The number of hydrogen-bond donors (Lipinski definition) is 1. The summed E-state index contributed by atoms with van der Waals surface area (Å²) in [6.45, 7) is 4.47. The van der Waals surface area contributed by atoms with Gasteiger partial charge >= 0.3 is 12.0 Å². The highest BCUT2D eigenvalue weighted by Gasteiger charge is 2.47. The number of aromatic nitrogens is 2. The number of hydrogen-bond acceptors (Lipinski definition) is 6. The van der Waals surface area contributed by atoms with Crippen LogP contribution in [-0.4, -0.2) is 44.3 Å². The van der Waals surface area contributed by atoms with Crippen molar-refractivity contribution in [2.45, 2.75) is 39.3 Å². The van der Waals surface area contributed by atoms with E-state index in [1.54, 1.807) is 26.1 Å². The molecule has 1 fully saturated rings. The molecule has 142 valence electrons. The molecule has 2 aromatic rings. The van der Waals surface area contributed by atoms with E-state index in [9.17, 15) is 19.2 Å². The summed E-state index contributed by atoms with van der Waals surface area (Å²) < 4.78 is 6.51. The number of pyridine rings is 1. The Morgan fingerprint density at radius 2 is 2.07 bits per heavy atom. The number of amides is 3. The van der Waals surface area contributed by atoms with Gasteiger partial charge in [-0.2, -0.15) is 0 Å². The van der Waals surface area contributed by atoms with Crippen LogP contribution in [-0.2, 0) is 20.9 Å². The first kappa shape index (κ1) is 18.6. The van der Waals surface area contributed by atoms with E-state index in [1.165, 1.54) is 10.5 Å². The molecule has 3 rings (SSSR count). The van der Waals surface area contributed by atoms with Gasteiger partial charge in [0.05, 0.1) is 5.69 Å². The predicted molar refractivity (Wildman–Crippen MR) is 94.9 cm³/mol. The molecule has 0 aromatic carbocycles. The molecule has 1 aliphatic heterocycles. The highest BCUT2D eigenvalue weighted by Crippen LogP contribution is 2.20. The van der Waals surface area contributed by atoms with Crippen LogP contribution in [0.5, 0.6) is 0 Å². The second-order valence-electron chi connectivity index (χ2n) is 6.64. The zero-order chi connectivity index (χ0) is 19.8. The van der Waals surface area contributed by atoms with Crippen molar-refractivity contribution in [3.63, 3.8) is 0 Å². The molecule has 0 saturated carbocycles. The smallest absolute Gasteiger partial charge is 0.326 e. The minimum absolute atomic E-state index is 0.229. The predicted octanol–water partition coefficient (Wildman–Crippen LogP) is 0.767. The molecule has 3 heterocycles. The first-order valence-electron chi connectivity index (χ1n) is 8.53. The second kappa shape index (κ2) is 6.82. The van der Waals surface area contributed by atoms with E-state index in [-0.39, 0.29) is 12.2 Å². The van der Waals surface area contributed by atoms with Crippen LogP contribution in [0.25, 0.3) is 5.65 Å². The standard InChI is InChI=1S/C18H20N4O5/c1-4-18(3)16(25)22(17(26)20-18)9-14(24)27-10-12-8-13(23)21-7-5-6-11(2)15(21)19-12/h5-8H,4,9-10H2,1-3H3,(H,20,26)/t18-/m1/s1. The van der Waals surface area contributed by atoms with Crippen LogP contribution >= 0.6 is 0 Å². The topological polar surface area (TPSA) is 110 Å². The molecule has 9 nitrogen and oxygen atoms in total. The lowest BCUT2D eigenvalue weighted by atomic mass is 9.99. The first-order chi connectivity index (χ1) is 12.7. The fourth-order valence-electron chi connectivity index (χ4n) is 2.84. The molecule has 27 heavy (non-hydrogen) atoms.